The molecule has 0 saturated heterocycles. The van der Waals surface area contributed by atoms with Crippen molar-refractivity contribution in [2.45, 2.75) is 60.4 Å². The Bertz CT molecular complexity index is 1570. The highest BCUT2D eigenvalue weighted by Gasteiger charge is 2.33. The molecule has 0 unspecified atom stereocenters. The number of amides is 1. The largest absolute Gasteiger partial charge is 0.467 e. The van der Waals surface area contributed by atoms with Crippen LogP contribution in [0.15, 0.2) is 58.1 Å². The summed E-state index contributed by atoms with van der Waals surface area (Å²) in [5, 5.41) is 14.8. The first-order chi connectivity index (χ1) is 19.0. The van der Waals surface area contributed by atoms with E-state index in [1.165, 1.54) is 17.0 Å². The molecule has 4 aromatic rings. The van der Waals surface area contributed by atoms with Gasteiger partial charge in [-0.1, -0.05) is 20.8 Å². The number of carbonyl (C=O) groups excluding carboxylic acids is 1. The van der Waals surface area contributed by atoms with Crippen LogP contribution in [0.4, 0.5) is 10.7 Å². The maximum atomic E-state index is 13.5. The number of aromatic nitrogens is 1. The molecule has 0 fully saturated rings. The van der Waals surface area contributed by atoms with Crippen LogP contribution in [-0.2, 0) is 19.4 Å². The monoisotopic (exact) mass is 558 g/mol. The topological polar surface area (TPSA) is 103 Å². The Labute approximate surface area is 237 Å². The molecule has 1 aromatic carbocycles. The Morgan fingerprint density at radius 2 is 2.00 bits per heavy atom. The summed E-state index contributed by atoms with van der Waals surface area (Å²) in [7, 11) is 0. The number of hydrogen-bond acceptors (Lipinski definition) is 6. The fraction of sp³-hybridized carbons (Fsp3) is 0.355. The second kappa shape index (κ2) is 10.9. The van der Waals surface area contributed by atoms with Gasteiger partial charge in [0.25, 0.3) is 11.6 Å². The van der Waals surface area contributed by atoms with Crippen molar-refractivity contribution in [1.82, 2.24) is 9.88 Å². The van der Waals surface area contributed by atoms with E-state index in [4.69, 9.17) is 9.41 Å². The molecule has 208 valence electrons. The Morgan fingerprint density at radius 1 is 1.25 bits per heavy atom. The zero-order valence-corrected chi connectivity index (χ0v) is 24.3. The lowest BCUT2D eigenvalue weighted by Gasteiger charge is -2.33. The van der Waals surface area contributed by atoms with E-state index in [1.54, 1.807) is 29.7 Å². The van der Waals surface area contributed by atoms with Crippen molar-refractivity contribution in [3.05, 3.63) is 97.6 Å². The molecule has 1 aliphatic carbocycles. The van der Waals surface area contributed by atoms with Gasteiger partial charge in [0, 0.05) is 45.9 Å². The SMILES string of the molecule is Cc1cc(C=Nc2sc3c(c2C(=O)NCc2ccco2)CC[C@H](C(C)(C)C)C3)c(C)n1-c1ccc([N+](=O)[O-])cc1. The summed E-state index contributed by atoms with van der Waals surface area (Å²) in [6.07, 6.45) is 6.29. The van der Waals surface area contributed by atoms with E-state index in [9.17, 15) is 14.9 Å². The van der Waals surface area contributed by atoms with Gasteiger partial charge in [0.1, 0.15) is 10.8 Å². The summed E-state index contributed by atoms with van der Waals surface area (Å²) in [6, 6.07) is 12.2. The summed E-state index contributed by atoms with van der Waals surface area (Å²) < 4.78 is 7.46. The molecule has 40 heavy (non-hydrogen) atoms. The smallest absolute Gasteiger partial charge is 0.269 e. The van der Waals surface area contributed by atoms with Crippen molar-refractivity contribution in [2.24, 2.45) is 16.3 Å². The second-order valence-electron chi connectivity index (χ2n) is 11.4. The number of nitrogens with one attached hydrogen (secondary N) is 1. The van der Waals surface area contributed by atoms with Crippen molar-refractivity contribution in [3.63, 3.8) is 0 Å². The Kier molecular flexibility index (Phi) is 7.51. The maximum absolute atomic E-state index is 13.5. The molecule has 1 aliphatic rings. The fourth-order valence-corrected chi connectivity index (χ4v) is 6.74. The minimum absolute atomic E-state index is 0.0567. The highest BCUT2D eigenvalue weighted by molar-refractivity contribution is 7.16. The van der Waals surface area contributed by atoms with Crippen LogP contribution in [0.1, 0.15) is 70.7 Å². The zero-order valence-electron chi connectivity index (χ0n) is 23.5. The van der Waals surface area contributed by atoms with Crippen LogP contribution in [-0.4, -0.2) is 21.6 Å². The highest BCUT2D eigenvalue weighted by atomic mass is 32.1. The average molecular weight is 559 g/mol. The van der Waals surface area contributed by atoms with Crippen LogP contribution in [0.2, 0.25) is 0 Å². The van der Waals surface area contributed by atoms with Crippen molar-refractivity contribution in [1.29, 1.82) is 0 Å². The first-order valence-electron chi connectivity index (χ1n) is 13.5. The molecule has 0 radical (unpaired) electrons. The lowest BCUT2D eigenvalue weighted by atomic mass is 9.72. The predicted molar refractivity (Wildman–Crippen MR) is 158 cm³/mol. The van der Waals surface area contributed by atoms with Gasteiger partial charge in [0.2, 0.25) is 0 Å². The number of nitro benzene ring substituents is 1. The summed E-state index contributed by atoms with van der Waals surface area (Å²) in [4.78, 5) is 30.3. The van der Waals surface area contributed by atoms with Crippen LogP contribution in [0, 0.1) is 35.3 Å². The van der Waals surface area contributed by atoms with Crippen molar-refractivity contribution >= 4 is 34.1 Å². The molecule has 0 bridgehead atoms. The fourth-order valence-electron chi connectivity index (χ4n) is 5.47. The number of carbonyl (C=O) groups is 1. The number of thiophene rings is 1. The number of nitro groups is 1. The van der Waals surface area contributed by atoms with Gasteiger partial charge in [-0.3, -0.25) is 14.9 Å². The molecular formula is C31H34N4O4S. The third kappa shape index (κ3) is 5.51. The zero-order chi connectivity index (χ0) is 28.6. The number of fused-ring (bicyclic) bond motifs is 1. The first-order valence-corrected chi connectivity index (χ1v) is 14.3. The van der Waals surface area contributed by atoms with Crippen LogP contribution in [0.3, 0.4) is 0 Å². The number of aryl methyl sites for hydroxylation is 1. The number of rotatable bonds is 7. The molecule has 3 heterocycles. The van der Waals surface area contributed by atoms with Gasteiger partial charge in [-0.25, -0.2) is 4.99 Å². The lowest BCUT2D eigenvalue weighted by Crippen LogP contribution is -2.28. The van der Waals surface area contributed by atoms with Crippen molar-refractivity contribution in [2.75, 3.05) is 0 Å². The van der Waals surface area contributed by atoms with E-state index in [2.05, 4.69) is 30.7 Å². The third-order valence-electron chi connectivity index (χ3n) is 7.81. The number of nitrogens with zero attached hydrogens (tertiary/aromatic N) is 3. The number of hydrogen-bond donors (Lipinski definition) is 1. The van der Waals surface area contributed by atoms with E-state index < -0.39 is 4.92 Å². The summed E-state index contributed by atoms with van der Waals surface area (Å²) in [5.41, 5.74) is 5.76. The molecule has 0 saturated carbocycles. The van der Waals surface area contributed by atoms with Crippen LogP contribution >= 0.6 is 11.3 Å². The molecule has 1 atom stereocenters. The standard InChI is InChI=1S/C31H34N4O4S/c1-19-15-21(20(2)34(19)23-9-11-24(12-10-23)35(37)38)17-33-30-28(29(36)32-18-25-7-6-14-39-25)26-13-8-22(31(3,4)5)16-27(26)40-30/h6-7,9-12,14-15,17,22H,8,13,16,18H2,1-5H3,(H,32,36)/t22-/m0/s1. The Morgan fingerprint density at radius 3 is 2.65 bits per heavy atom. The van der Waals surface area contributed by atoms with E-state index in [0.717, 1.165) is 52.5 Å². The van der Waals surface area contributed by atoms with E-state index in [-0.39, 0.29) is 17.0 Å². The van der Waals surface area contributed by atoms with Gasteiger partial charge in [-0.15, -0.1) is 11.3 Å². The predicted octanol–water partition coefficient (Wildman–Crippen LogP) is 7.49. The molecule has 3 aromatic heterocycles. The molecule has 0 spiro atoms. The van der Waals surface area contributed by atoms with Crippen molar-refractivity contribution < 1.29 is 14.1 Å². The number of furan rings is 1. The summed E-state index contributed by atoms with van der Waals surface area (Å²) >= 11 is 1.62. The molecule has 1 N–H and O–H groups in total. The minimum atomic E-state index is -0.399. The maximum Gasteiger partial charge on any atom is 0.269 e. The van der Waals surface area contributed by atoms with Gasteiger partial charge >= 0.3 is 0 Å². The molecular weight excluding hydrogens is 524 g/mol. The highest BCUT2D eigenvalue weighted by Crippen LogP contribution is 2.45. The second-order valence-corrected chi connectivity index (χ2v) is 12.5. The van der Waals surface area contributed by atoms with Crippen molar-refractivity contribution in [3.8, 4) is 5.69 Å². The van der Waals surface area contributed by atoms with Crippen LogP contribution in [0.5, 0.6) is 0 Å². The van der Waals surface area contributed by atoms with Gasteiger partial charge in [0.15, 0.2) is 0 Å². The summed E-state index contributed by atoms with van der Waals surface area (Å²) in [6.45, 7) is 11.2. The number of benzene rings is 1. The minimum Gasteiger partial charge on any atom is -0.467 e. The first kappa shape index (κ1) is 27.6. The molecule has 5 rings (SSSR count). The van der Waals surface area contributed by atoms with Crippen LogP contribution in [0.25, 0.3) is 5.69 Å². The Hall–Kier alpha value is -3.98. The van der Waals surface area contributed by atoms with E-state index in [0.29, 0.717) is 23.8 Å². The molecule has 0 aliphatic heterocycles. The Balaban J connectivity index is 1.47. The van der Waals surface area contributed by atoms with E-state index in [1.807, 2.05) is 38.3 Å². The quantitative estimate of drug-likeness (QED) is 0.144. The van der Waals surface area contributed by atoms with Gasteiger partial charge in [0.05, 0.1) is 23.3 Å². The average Bonchev–Trinajstić information content (AvgIpc) is 3.62. The normalized spacial score (nSPS) is 15.4. The van der Waals surface area contributed by atoms with Gasteiger partial charge in [-0.05, 0) is 80.3 Å². The van der Waals surface area contributed by atoms with Gasteiger partial charge < -0.3 is 14.3 Å². The van der Waals surface area contributed by atoms with E-state index >= 15 is 0 Å². The molecule has 1 amide bonds. The number of non-ortho nitro benzene ring substituents is 1. The third-order valence-corrected chi connectivity index (χ3v) is 8.97. The molecule has 8 nitrogen and oxygen atoms in total. The van der Waals surface area contributed by atoms with Gasteiger partial charge in [-0.2, -0.15) is 0 Å². The van der Waals surface area contributed by atoms with Crippen LogP contribution < -0.4 is 5.32 Å². The molecule has 9 heteroatoms. The summed E-state index contributed by atoms with van der Waals surface area (Å²) in [5.74, 6) is 1.12. The lowest BCUT2D eigenvalue weighted by molar-refractivity contribution is -0.384. The number of aliphatic imine (C=N–C) groups is 1.